The molecule has 1 rings (SSSR count). The zero-order valence-corrected chi connectivity index (χ0v) is 9.98. The Morgan fingerprint density at radius 2 is 2.00 bits per heavy atom. The summed E-state index contributed by atoms with van der Waals surface area (Å²) in [6, 6.07) is 10.5. The molecule has 16 heavy (non-hydrogen) atoms. The third-order valence-electron chi connectivity index (χ3n) is 2.87. The Morgan fingerprint density at radius 3 is 2.56 bits per heavy atom. The molecule has 0 amide bonds. The van der Waals surface area contributed by atoms with E-state index in [-0.39, 0.29) is 0 Å². The van der Waals surface area contributed by atoms with Crippen molar-refractivity contribution in [3.63, 3.8) is 0 Å². The van der Waals surface area contributed by atoms with Crippen molar-refractivity contribution in [3.05, 3.63) is 29.8 Å². The zero-order chi connectivity index (χ0) is 12.0. The molecule has 2 N–H and O–H groups in total. The number of nitriles is 1. The minimum absolute atomic E-state index is 0.318. The smallest absolute Gasteiger partial charge is 0.0638 e. The van der Waals surface area contributed by atoms with E-state index in [0.717, 1.165) is 18.7 Å². The van der Waals surface area contributed by atoms with Gasteiger partial charge < -0.3 is 10.6 Å². The van der Waals surface area contributed by atoms with Crippen LogP contribution in [0.1, 0.15) is 18.9 Å². The second kappa shape index (κ2) is 6.14. The molecule has 0 fully saturated rings. The number of nitrogen functional groups attached to an aromatic ring is 1. The maximum Gasteiger partial charge on any atom is 0.0638 e. The summed E-state index contributed by atoms with van der Waals surface area (Å²) in [7, 11) is 2.05. The molecule has 0 saturated carbocycles. The average Bonchev–Trinajstić information content (AvgIpc) is 2.28. The molecule has 0 aromatic heterocycles. The number of anilines is 1. The van der Waals surface area contributed by atoms with Crippen LogP contribution >= 0.6 is 0 Å². The first kappa shape index (κ1) is 12.5. The van der Waals surface area contributed by atoms with Gasteiger partial charge in [-0.1, -0.05) is 12.1 Å². The number of hydrogen-bond acceptors (Lipinski definition) is 3. The summed E-state index contributed by atoms with van der Waals surface area (Å²) in [5.74, 6) is 0. The van der Waals surface area contributed by atoms with Crippen LogP contribution in [0.5, 0.6) is 0 Å². The van der Waals surface area contributed by atoms with Crippen LogP contribution in [-0.4, -0.2) is 24.5 Å². The van der Waals surface area contributed by atoms with Gasteiger partial charge in [-0.3, -0.25) is 0 Å². The Bertz CT molecular complexity index is 350. The molecule has 0 saturated heterocycles. The molecule has 1 unspecified atom stereocenters. The highest BCUT2D eigenvalue weighted by atomic mass is 15.1. The molecule has 1 aromatic rings. The number of hydrogen-bond donors (Lipinski definition) is 1. The van der Waals surface area contributed by atoms with Gasteiger partial charge in [-0.05, 0) is 38.1 Å². The Hall–Kier alpha value is -1.53. The van der Waals surface area contributed by atoms with Crippen molar-refractivity contribution in [3.8, 4) is 6.07 Å². The van der Waals surface area contributed by atoms with Crippen LogP contribution in [0.2, 0.25) is 0 Å². The minimum atomic E-state index is 0.318. The number of nitrogens with two attached hydrogens (primary N) is 1. The maximum atomic E-state index is 8.61. The lowest BCUT2D eigenvalue weighted by Crippen LogP contribution is -2.30. The van der Waals surface area contributed by atoms with Crippen LogP contribution in [0.3, 0.4) is 0 Å². The molecule has 3 heteroatoms. The Morgan fingerprint density at radius 1 is 1.38 bits per heavy atom. The Kier molecular flexibility index (Phi) is 4.81. The van der Waals surface area contributed by atoms with Gasteiger partial charge in [-0.25, -0.2) is 0 Å². The number of nitrogens with zero attached hydrogens (tertiary/aromatic N) is 2. The SMILES string of the molecule is CC(CC#N)N(C)CCc1ccc(N)cc1. The molecule has 0 aliphatic heterocycles. The van der Waals surface area contributed by atoms with E-state index in [1.807, 2.05) is 12.1 Å². The van der Waals surface area contributed by atoms with Gasteiger partial charge in [0.2, 0.25) is 0 Å². The summed E-state index contributed by atoms with van der Waals surface area (Å²) in [4.78, 5) is 2.21. The predicted octanol–water partition coefficient (Wildman–Crippen LogP) is 2.05. The lowest BCUT2D eigenvalue weighted by Gasteiger charge is -2.22. The first-order chi connectivity index (χ1) is 7.63. The van der Waals surface area contributed by atoms with Crippen LogP contribution in [0, 0.1) is 11.3 Å². The molecule has 0 spiro atoms. The van der Waals surface area contributed by atoms with Gasteiger partial charge in [-0.2, -0.15) is 5.26 Å². The molecular formula is C13H19N3. The summed E-state index contributed by atoms with van der Waals surface area (Å²) in [5, 5.41) is 8.61. The topological polar surface area (TPSA) is 53.0 Å². The van der Waals surface area contributed by atoms with Gasteiger partial charge in [-0.15, -0.1) is 0 Å². The van der Waals surface area contributed by atoms with E-state index in [9.17, 15) is 0 Å². The quantitative estimate of drug-likeness (QED) is 0.768. The summed E-state index contributed by atoms with van der Waals surface area (Å²) < 4.78 is 0. The van der Waals surface area contributed by atoms with E-state index >= 15 is 0 Å². The van der Waals surface area contributed by atoms with E-state index in [2.05, 4.69) is 37.1 Å². The van der Waals surface area contributed by atoms with Gasteiger partial charge in [0.1, 0.15) is 0 Å². The van der Waals surface area contributed by atoms with Gasteiger partial charge in [0.05, 0.1) is 12.5 Å². The van der Waals surface area contributed by atoms with Crippen molar-refractivity contribution in [2.45, 2.75) is 25.8 Å². The molecule has 1 aromatic carbocycles. The highest BCUT2D eigenvalue weighted by Gasteiger charge is 2.07. The van der Waals surface area contributed by atoms with E-state index in [1.54, 1.807) is 0 Å². The molecule has 86 valence electrons. The van der Waals surface area contributed by atoms with Crippen molar-refractivity contribution in [1.29, 1.82) is 5.26 Å². The van der Waals surface area contributed by atoms with Gasteiger partial charge >= 0.3 is 0 Å². The Labute approximate surface area is 97.5 Å². The fraction of sp³-hybridized carbons (Fsp3) is 0.462. The van der Waals surface area contributed by atoms with Crippen molar-refractivity contribution in [1.82, 2.24) is 4.90 Å². The largest absolute Gasteiger partial charge is 0.399 e. The number of rotatable bonds is 5. The van der Waals surface area contributed by atoms with Crippen LogP contribution in [0.4, 0.5) is 5.69 Å². The lowest BCUT2D eigenvalue weighted by atomic mass is 10.1. The number of likely N-dealkylation sites (N-methyl/N-ethyl adjacent to an activating group) is 1. The fourth-order valence-corrected chi connectivity index (χ4v) is 1.50. The minimum Gasteiger partial charge on any atom is -0.399 e. The van der Waals surface area contributed by atoms with Gasteiger partial charge in [0, 0.05) is 18.3 Å². The average molecular weight is 217 g/mol. The monoisotopic (exact) mass is 217 g/mol. The standard InChI is InChI=1S/C13H19N3/c1-11(7-9-14)16(2)10-8-12-3-5-13(15)6-4-12/h3-6,11H,7-8,10,15H2,1-2H3. The first-order valence-electron chi connectivity index (χ1n) is 5.55. The second-order valence-electron chi connectivity index (χ2n) is 4.18. The molecule has 0 heterocycles. The molecule has 1 atom stereocenters. The zero-order valence-electron chi connectivity index (χ0n) is 9.98. The maximum absolute atomic E-state index is 8.61. The van der Waals surface area contributed by atoms with Gasteiger partial charge in [0.15, 0.2) is 0 Å². The van der Waals surface area contributed by atoms with Crippen LogP contribution < -0.4 is 5.73 Å². The molecule has 0 radical (unpaired) electrons. The van der Waals surface area contributed by atoms with Crippen LogP contribution in [0.15, 0.2) is 24.3 Å². The van der Waals surface area contributed by atoms with E-state index in [0.29, 0.717) is 12.5 Å². The number of benzene rings is 1. The van der Waals surface area contributed by atoms with Crippen molar-refractivity contribution < 1.29 is 0 Å². The van der Waals surface area contributed by atoms with E-state index < -0.39 is 0 Å². The normalized spacial score (nSPS) is 12.4. The third kappa shape index (κ3) is 3.92. The van der Waals surface area contributed by atoms with Crippen LogP contribution in [-0.2, 0) is 6.42 Å². The van der Waals surface area contributed by atoms with Gasteiger partial charge in [0.25, 0.3) is 0 Å². The summed E-state index contributed by atoms with van der Waals surface area (Å²) in [5.41, 5.74) is 7.71. The third-order valence-corrected chi connectivity index (χ3v) is 2.87. The first-order valence-corrected chi connectivity index (χ1v) is 5.55. The fourth-order valence-electron chi connectivity index (χ4n) is 1.50. The summed E-state index contributed by atoms with van der Waals surface area (Å²) >= 11 is 0. The van der Waals surface area contributed by atoms with Crippen molar-refractivity contribution in [2.75, 3.05) is 19.3 Å². The molecule has 3 nitrogen and oxygen atoms in total. The molecular weight excluding hydrogens is 198 g/mol. The second-order valence-corrected chi connectivity index (χ2v) is 4.18. The molecule has 0 aliphatic rings. The predicted molar refractivity (Wildman–Crippen MR) is 66.9 cm³/mol. The van der Waals surface area contributed by atoms with E-state index in [1.165, 1.54) is 5.56 Å². The summed E-state index contributed by atoms with van der Waals surface area (Å²) in [6.07, 6.45) is 1.57. The van der Waals surface area contributed by atoms with Crippen molar-refractivity contribution in [2.24, 2.45) is 0 Å². The molecule has 0 aliphatic carbocycles. The van der Waals surface area contributed by atoms with E-state index in [4.69, 9.17) is 11.0 Å². The van der Waals surface area contributed by atoms with Crippen LogP contribution in [0.25, 0.3) is 0 Å². The molecule has 0 bridgehead atoms. The highest BCUT2D eigenvalue weighted by Crippen LogP contribution is 2.08. The summed E-state index contributed by atoms with van der Waals surface area (Å²) in [6.45, 7) is 3.04. The highest BCUT2D eigenvalue weighted by molar-refractivity contribution is 5.39. The lowest BCUT2D eigenvalue weighted by molar-refractivity contribution is 0.264. The van der Waals surface area contributed by atoms with Crippen molar-refractivity contribution >= 4 is 5.69 Å². The Balaban J connectivity index is 2.40.